The van der Waals surface area contributed by atoms with Crippen molar-refractivity contribution in [3.05, 3.63) is 35.4 Å². The van der Waals surface area contributed by atoms with Gasteiger partial charge in [0, 0.05) is 32.2 Å². The van der Waals surface area contributed by atoms with Gasteiger partial charge < -0.3 is 5.32 Å². The Morgan fingerprint density at radius 3 is 2.25 bits per heavy atom. The predicted molar refractivity (Wildman–Crippen MR) is 92.4 cm³/mol. The molecule has 0 spiro atoms. The monoisotopic (exact) mass is 318 g/mol. The maximum absolute atomic E-state index is 3.44. The van der Waals surface area contributed by atoms with Crippen molar-refractivity contribution in [1.82, 2.24) is 10.2 Å². The van der Waals surface area contributed by atoms with Gasteiger partial charge in [-0.2, -0.15) is 0 Å². The molecule has 2 nitrogen and oxygen atoms in total. The molecular formula is C16H28Cl2N2. The van der Waals surface area contributed by atoms with E-state index in [-0.39, 0.29) is 24.8 Å². The van der Waals surface area contributed by atoms with Crippen molar-refractivity contribution < 1.29 is 0 Å². The van der Waals surface area contributed by atoms with Gasteiger partial charge in [0.25, 0.3) is 0 Å². The van der Waals surface area contributed by atoms with Gasteiger partial charge >= 0.3 is 0 Å². The van der Waals surface area contributed by atoms with E-state index in [0.29, 0.717) is 6.04 Å². The Labute approximate surface area is 136 Å². The fourth-order valence-corrected chi connectivity index (χ4v) is 2.74. The lowest BCUT2D eigenvalue weighted by molar-refractivity contribution is 0.163. The molecule has 0 aromatic heterocycles. The molecule has 4 heteroatoms. The number of nitrogens with one attached hydrogen (secondary N) is 1. The average Bonchev–Trinajstić information content (AvgIpc) is 2.42. The molecule has 1 aliphatic rings. The normalized spacial score (nSPS) is 16.9. The maximum Gasteiger partial charge on any atom is 0.0349 e. The molecule has 1 saturated heterocycles. The SMILES string of the molecule is CCCC[C@H](c1ccc(C)cc1)N1CCNCC1.Cl.Cl. The minimum absolute atomic E-state index is 0. The molecule has 1 atom stereocenters. The third-order valence-corrected chi connectivity index (χ3v) is 3.89. The summed E-state index contributed by atoms with van der Waals surface area (Å²) in [7, 11) is 0. The Morgan fingerprint density at radius 1 is 1.10 bits per heavy atom. The first-order valence-corrected chi connectivity index (χ1v) is 7.32. The van der Waals surface area contributed by atoms with E-state index >= 15 is 0 Å². The van der Waals surface area contributed by atoms with Crippen LogP contribution in [-0.2, 0) is 0 Å². The topological polar surface area (TPSA) is 15.3 Å². The molecule has 1 heterocycles. The van der Waals surface area contributed by atoms with Gasteiger partial charge in [0.2, 0.25) is 0 Å². The van der Waals surface area contributed by atoms with Crippen LogP contribution in [0.5, 0.6) is 0 Å². The van der Waals surface area contributed by atoms with Crippen LogP contribution in [0.2, 0.25) is 0 Å². The van der Waals surface area contributed by atoms with Crippen LogP contribution >= 0.6 is 24.8 Å². The quantitative estimate of drug-likeness (QED) is 0.883. The third-order valence-electron chi connectivity index (χ3n) is 3.89. The van der Waals surface area contributed by atoms with Crippen molar-refractivity contribution in [2.24, 2.45) is 0 Å². The lowest BCUT2D eigenvalue weighted by Crippen LogP contribution is -2.45. The molecule has 0 unspecified atom stereocenters. The highest BCUT2D eigenvalue weighted by molar-refractivity contribution is 5.85. The fraction of sp³-hybridized carbons (Fsp3) is 0.625. The van der Waals surface area contributed by atoms with Crippen molar-refractivity contribution >= 4 is 24.8 Å². The van der Waals surface area contributed by atoms with Crippen LogP contribution in [0.25, 0.3) is 0 Å². The molecule has 1 aromatic rings. The largest absolute Gasteiger partial charge is 0.314 e. The number of hydrogen-bond acceptors (Lipinski definition) is 2. The molecule has 1 aromatic carbocycles. The average molecular weight is 319 g/mol. The van der Waals surface area contributed by atoms with E-state index in [1.165, 1.54) is 43.5 Å². The lowest BCUT2D eigenvalue weighted by Gasteiger charge is -2.35. The van der Waals surface area contributed by atoms with Crippen LogP contribution in [-0.4, -0.2) is 31.1 Å². The van der Waals surface area contributed by atoms with Crippen molar-refractivity contribution in [2.75, 3.05) is 26.2 Å². The molecule has 0 radical (unpaired) electrons. The molecule has 0 bridgehead atoms. The zero-order valence-corrected chi connectivity index (χ0v) is 14.2. The van der Waals surface area contributed by atoms with Gasteiger partial charge in [-0.3, -0.25) is 4.90 Å². The Kier molecular flexibility index (Phi) is 10.3. The Morgan fingerprint density at radius 2 is 1.70 bits per heavy atom. The number of hydrogen-bond donors (Lipinski definition) is 1. The van der Waals surface area contributed by atoms with E-state index in [9.17, 15) is 0 Å². The van der Waals surface area contributed by atoms with E-state index in [1.54, 1.807) is 0 Å². The highest BCUT2D eigenvalue weighted by Gasteiger charge is 2.21. The molecule has 1 fully saturated rings. The highest BCUT2D eigenvalue weighted by Crippen LogP contribution is 2.26. The zero-order chi connectivity index (χ0) is 12.8. The van der Waals surface area contributed by atoms with Gasteiger partial charge in [-0.15, -0.1) is 24.8 Å². The van der Waals surface area contributed by atoms with Crippen molar-refractivity contribution in [3.8, 4) is 0 Å². The summed E-state index contributed by atoms with van der Waals surface area (Å²) < 4.78 is 0. The van der Waals surface area contributed by atoms with Gasteiger partial charge in [0.15, 0.2) is 0 Å². The number of unbranched alkanes of at least 4 members (excludes halogenated alkanes) is 1. The first-order valence-electron chi connectivity index (χ1n) is 7.32. The molecule has 0 aliphatic carbocycles. The first-order chi connectivity index (χ1) is 8.81. The maximum atomic E-state index is 3.44. The van der Waals surface area contributed by atoms with Crippen LogP contribution in [0.15, 0.2) is 24.3 Å². The fourth-order valence-electron chi connectivity index (χ4n) is 2.74. The standard InChI is InChI=1S/C16H26N2.2ClH/c1-3-4-5-16(18-12-10-17-11-13-18)15-8-6-14(2)7-9-15;;/h6-9,16-17H,3-5,10-13H2,1-2H3;2*1H/t16-;;/m1../s1. The van der Waals surface area contributed by atoms with E-state index in [1.807, 2.05) is 0 Å². The summed E-state index contributed by atoms with van der Waals surface area (Å²) in [4.78, 5) is 2.65. The summed E-state index contributed by atoms with van der Waals surface area (Å²) in [6.45, 7) is 9.08. The lowest BCUT2D eigenvalue weighted by atomic mass is 9.98. The third kappa shape index (κ3) is 5.61. The number of benzene rings is 1. The number of aryl methyl sites for hydroxylation is 1. The summed E-state index contributed by atoms with van der Waals surface area (Å²) in [6.07, 6.45) is 3.90. The van der Waals surface area contributed by atoms with E-state index < -0.39 is 0 Å². The predicted octanol–water partition coefficient (Wildman–Crippen LogP) is 3.98. The zero-order valence-electron chi connectivity index (χ0n) is 12.6. The van der Waals surface area contributed by atoms with Crippen LogP contribution in [0.4, 0.5) is 0 Å². The smallest absolute Gasteiger partial charge is 0.0349 e. The number of halogens is 2. The second-order valence-electron chi connectivity index (χ2n) is 5.35. The molecule has 0 saturated carbocycles. The van der Waals surface area contributed by atoms with Crippen molar-refractivity contribution in [1.29, 1.82) is 0 Å². The molecule has 2 rings (SSSR count). The molecule has 116 valence electrons. The van der Waals surface area contributed by atoms with Crippen LogP contribution in [0.3, 0.4) is 0 Å². The van der Waals surface area contributed by atoms with Gasteiger partial charge in [0.1, 0.15) is 0 Å². The Bertz CT molecular complexity index is 348. The number of rotatable bonds is 5. The van der Waals surface area contributed by atoms with Crippen LogP contribution in [0, 0.1) is 6.92 Å². The molecule has 20 heavy (non-hydrogen) atoms. The Balaban J connectivity index is 0.00000180. The van der Waals surface area contributed by atoms with Crippen molar-refractivity contribution in [2.45, 2.75) is 39.2 Å². The first kappa shape index (κ1) is 19.7. The van der Waals surface area contributed by atoms with Crippen molar-refractivity contribution in [3.63, 3.8) is 0 Å². The summed E-state index contributed by atoms with van der Waals surface area (Å²) in [6, 6.07) is 9.75. The van der Waals surface area contributed by atoms with E-state index in [4.69, 9.17) is 0 Å². The van der Waals surface area contributed by atoms with Gasteiger partial charge in [-0.05, 0) is 18.9 Å². The van der Waals surface area contributed by atoms with Crippen LogP contribution in [0.1, 0.15) is 43.4 Å². The number of piperazine rings is 1. The molecule has 1 N–H and O–H groups in total. The minimum Gasteiger partial charge on any atom is -0.314 e. The van der Waals surface area contributed by atoms with E-state index in [0.717, 1.165) is 13.1 Å². The summed E-state index contributed by atoms with van der Waals surface area (Å²) in [5, 5.41) is 3.44. The second-order valence-corrected chi connectivity index (χ2v) is 5.35. The van der Waals surface area contributed by atoms with Gasteiger partial charge in [0.05, 0.1) is 0 Å². The van der Waals surface area contributed by atoms with Gasteiger partial charge in [-0.1, -0.05) is 49.6 Å². The van der Waals surface area contributed by atoms with E-state index in [2.05, 4.69) is 48.3 Å². The summed E-state index contributed by atoms with van der Waals surface area (Å²) in [5.74, 6) is 0. The minimum atomic E-state index is 0. The summed E-state index contributed by atoms with van der Waals surface area (Å²) >= 11 is 0. The summed E-state index contributed by atoms with van der Waals surface area (Å²) in [5.41, 5.74) is 2.85. The number of nitrogens with zero attached hydrogens (tertiary/aromatic N) is 1. The van der Waals surface area contributed by atoms with Gasteiger partial charge in [-0.25, -0.2) is 0 Å². The highest BCUT2D eigenvalue weighted by atomic mass is 35.5. The molecular weight excluding hydrogens is 291 g/mol. The Hall–Kier alpha value is -0.280. The van der Waals surface area contributed by atoms with Crippen LogP contribution < -0.4 is 5.32 Å². The second kappa shape index (κ2) is 10.4. The molecule has 1 aliphatic heterocycles. The molecule has 0 amide bonds.